The highest BCUT2D eigenvalue weighted by Crippen LogP contribution is 2.27. The maximum absolute atomic E-state index is 11.4. The second kappa shape index (κ2) is 6.59. The Labute approximate surface area is 121 Å². The van der Waals surface area contributed by atoms with Gasteiger partial charge in [0.15, 0.2) is 9.84 Å². The van der Waals surface area contributed by atoms with E-state index in [4.69, 9.17) is 10.5 Å². The van der Waals surface area contributed by atoms with Crippen molar-refractivity contribution in [2.45, 2.75) is 43.1 Å². The molecule has 0 aliphatic heterocycles. The molecule has 5 heteroatoms. The first-order valence-electron chi connectivity index (χ1n) is 7.17. The maximum Gasteiger partial charge on any atom is 0.175 e. The molecule has 4 nitrogen and oxygen atoms in total. The molecular weight excluding hydrogens is 274 g/mol. The van der Waals surface area contributed by atoms with Crippen LogP contribution >= 0.6 is 0 Å². The molecule has 1 aliphatic rings. The highest BCUT2D eigenvalue weighted by Gasteiger charge is 2.24. The van der Waals surface area contributed by atoms with Gasteiger partial charge in [-0.05, 0) is 50.1 Å². The summed E-state index contributed by atoms with van der Waals surface area (Å²) in [5.41, 5.74) is 5.84. The first-order valence-corrected chi connectivity index (χ1v) is 9.06. The molecule has 1 aromatic carbocycles. The van der Waals surface area contributed by atoms with Gasteiger partial charge < -0.3 is 10.5 Å². The maximum atomic E-state index is 11.4. The highest BCUT2D eigenvalue weighted by molar-refractivity contribution is 7.90. The van der Waals surface area contributed by atoms with Gasteiger partial charge in [0.25, 0.3) is 0 Å². The molecule has 1 saturated carbocycles. The summed E-state index contributed by atoms with van der Waals surface area (Å²) < 4.78 is 28.9. The lowest BCUT2D eigenvalue weighted by Crippen LogP contribution is -2.31. The molecule has 2 N–H and O–H groups in total. The quantitative estimate of drug-likeness (QED) is 0.866. The first-order chi connectivity index (χ1) is 9.50. The zero-order chi connectivity index (χ0) is 14.6. The molecule has 20 heavy (non-hydrogen) atoms. The van der Waals surface area contributed by atoms with Crippen LogP contribution in [0.4, 0.5) is 0 Å². The molecule has 0 spiro atoms. The molecule has 0 radical (unpaired) electrons. The van der Waals surface area contributed by atoms with Crippen LogP contribution in [0.1, 0.15) is 32.1 Å². The monoisotopic (exact) mass is 297 g/mol. The lowest BCUT2D eigenvalue weighted by molar-refractivity contribution is 0.129. The van der Waals surface area contributed by atoms with Crippen molar-refractivity contribution in [3.8, 4) is 5.75 Å². The zero-order valence-electron chi connectivity index (χ0n) is 11.9. The summed E-state index contributed by atoms with van der Waals surface area (Å²) in [5.74, 6) is 1.12. The van der Waals surface area contributed by atoms with Gasteiger partial charge in [0, 0.05) is 12.2 Å². The van der Waals surface area contributed by atoms with Crippen molar-refractivity contribution in [1.29, 1.82) is 0 Å². The summed E-state index contributed by atoms with van der Waals surface area (Å²) in [6.45, 7) is 0.645. The molecule has 0 bridgehead atoms. The van der Waals surface area contributed by atoms with E-state index in [0.29, 0.717) is 17.4 Å². The summed E-state index contributed by atoms with van der Waals surface area (Å²) in [6.07, 6.45) is 7.11. The van der Waals surface area contributed by atoms with Crippen molar-refractivity contribution >= 4 is 9.84 Å². The third-order valence-electron chi connectivity index (χ3n) is 3.93. The molecule has 1 aliphatic carbocycles. The van der Waals surface area contributed by atoms with E-state index < -0.39 is 9.84 Å². The molecule has 1 fully saturated rings. The van der Waals surface area contributed by atoms with Crippen LogP contribution in [0.2, 0.25) is 0 Å². The Morgan fingerprint density at radius 3 is 2.40 bits per heavy atom. The van der Waals surface area contributed by atoms with E-state index in [1.165, 1.54) is 25.5 Å². The Morgan fingerprint density at radius 1 is 1.15 bits per heavy atom. The first kappa shape index (κ1) is 15.3. The van der Waals surface area contributed by atoms with Crippen LogP contribution in [0, 0.1) is 5.92 Å². The fourth-order valence-corrected chi connectivity index (χ4v) is 3.35. The van der Waals surface area contributed by atoms with Gasteiger partial charge in [-0.3, -0.25) is 0 Å². The third-order valence-corrected chi connectivity index (χ3v) is 5.06. The number of nitrogens with two attached hydrogens (primary N) is 1. The van der Waals surface area contributed by atoms with Crippen molar-refractivity contribution in [3.05, 3.63) is 24.3 Å². The smallest absolute Gasteiger partial charge is 0.175 e. The molecule has 1 aromatic rings. The van der Waals surface area contributed by atoms with Crippen LogP contribution in [-0.4, -0.2) is 27.3 Å². The van der Waals surface area contributed by atoms with E-state index in [1.807, 2.05) is 0 Å². The Morgan fingerprint density at radius 2 is 1.80 bits per heavy atom. The second-order valence-electron chi connectivity index (χ2n) is 5.53. The average molecular weight is 297 g/mol. The van der Waals surface area contributed by atoms with Crippen molar-refractivity contribution in [1.82, 2.24) is 0 Å². The standard InChI is InChI=1S/C15H23NO3S/c1-20(17,18)14-9-7-13(8-10-14)19-15-6-4-2-3-5-12(15)11-16/h7-10,12,15H,2-6,11,16H2,1H3. The fraction of sp³-hybridized carbons (Fsp3) is 0.600. The number of benzene rings is 1. The van der Waals surface area contributed by atoms with Crippen LogP contribution in [0.3, 0.4) is 0 Å². The van der Waals surface area contributed by atoms with Gasteiger partial charge >= 0.3 is 0 Å². The van der Waals surface area contributed by atoms with Crippen molar-refractivity contribution in [2.75, 3.05) is 12.8 Å². The predicted molar refractivity (Wildman–Crippen MR) is 79.6 cm³/mol. The molecule has 0 heterocycles. The van der Waals surface area contributed by atoms with Gasteiger partial charge in [-0.15, -0.1) is 0 Å². The highest BCUT2D eigenvalue weighted by atomic mass is 32.2. The minimum atomic E-state index is -3.15. The normalized spacial score (nSPS) is 24.1. The Balaban J connectivity index is 2.08. The van der Waals surface area contributed by atoms with E-state index in [-0.39, 0.29) is 6.10 Å². The van der Waals surface area contributed by atoms with Gasteiger partial charge in [0.2, 0.25) is 0 Å². The molecule has 0 amide bonds. The minimum absolute atomic E-state index is 0.145. The van der Waals surface area contributed by atoms with Crippen LogP contribution in [-0.2, 0) is 9.84 Å². The zero-order valence-corrected chi connectivity index (χ0v) is 12.7. The minimum Gasteiger partial charge on any atom is -0.490 e. The van der Waals surface area contributed by atoms with Gasteiger partial charge in [-0.1, -0.05) is 12.8 Å². The molecule has 0 saturated heterocycles. The second-order valence-corrected chi connectivity index (χ2v) is 7.55. The summed E-state index contributed by atoms with van der Waals surface area (Å²) in [7, 11) is -3.15. The van der Waals surface area contributed by atoms with Crippen LogP contribution < -0.4 is 10.5 Å². The van der Waals surface area contributed by atoms with Crippen LogP contribution in [0.25, 0.3) is 0 Å². The van der Waals surface area contributed by atoms with Crippen LogP contribution in [0.5, 0.6) is 5.75 Å². The third kappa shape index (κ3) is 3.96. The number of hydrogen-bond donors (Lipinski definition) is 1. The summed E-state index contributed by atoms with van der Waals surface area (Å²) >= 11 is 0. The summed E-state index contributed by atoms with van der Waals surface area (Å²) in [6, 6.07) is 6.65. The number of ether oxygens (including phenoxy) is 1. The summed E-state index contributed by atoms with van der Waals surface area (Å²) in [5, 5.41) is 0. The van der Waals surface area contributed by atoms with E-state index in [1.54, 1.807) is 24.3 Å². The molecule has 2 rings (SSSR count). The lowest BCUT2D eigenvalue weighted by atomic mass is 9.97. The molecule has 112 valence electrons. The van der Waals surface area contributed by atoms with Gasteiger partial charge in [-0.2, -0.15) is 0 Å². The van der Waals surface area contributed by atoms with Crippen molar-refractivity contribution in [3.63, 3.8) is 0 Å². The number of rotatable bonds is 4. The SMILES string of the molecule is CS(=O)(=O)c1ccc(OC2CCCCCC2CN)cc1. The molecule has 2 unspecified atom stereocenters. The Hall–Kier alpha value is -1.07. The van der Waals surface area contributed by atoms with E-state index in [2.05, 4.69) is 0 Å². The van der Waals surface area contributed by atoms with Gasteiger partial charge in [0.1, 0.15) is 11.9 Å². The molecule has 0 aromatic heterocycles. The number of sulfone groups is 1. The fourth-order valence-electron chi connectivity index (χ4n) is 2.72. The predicted octanol–water partition coefficient (Wildman–Crippen LogP) is 2.38. The van der Waals surface area contributed by atoms with E-state index in [9.17, 15) is 8.42 Å². The average Bonchev–Trinajstić information content (AvgIpc) is 2.63. The Bertz CT molecular complexity index is 525. The molecule has 2 atom stereocenters. The summed E-state index contributed by atoms with van der Waals surface area (Å²) in [4.78, 5) is 0.320. The van der Waals surface area contributed by atoms with Gasteiger partial charge in [-0.25, -0.2) is 8.42 Å². The topological polar surface area (TPSA) is 69.4 Å². The van der Waals surface area contributed by atoms with E-state index in [0.717, 1.165) is 18.6 Å². The van der Waals surface area contributed by atoms with Crippen molar-refractivity contribution < 1.29 is 13.2 Å². The Kier molecular flexibility index (Phi) is 5.05. The lowest BCUT2D eigenvalue weighted by Gasteiger charge is -2.25. The van der Waals surface area contributed by atoms with E-state index >= 15 is 0 Å². The van der Waals surface area contributed by atoms with Crippen LogP contribution in [0.15, 0.2) is 29.2 Å². The largest absolute Gasteiger partial charge is 0.490 e. The van der Waals surface area contributed by atoms with Gasteiger partial charge in [0.05, 0.1) is 4.90 Å². The number of hydrogen-bond acceptors (Lipinski definition) is 4. The van der Waals surface area contributed by atoms with Crippen molar-refractivity contribution in [2.24, 2.45) is 11.7 Å². The molecular formula is C15H23NO3S.